The number of hydrogen-bond donors (Lipinski definition) is 0. The molecule has 2 aromatic heterocycles. The molecule has 0 aromatic carbocycles. The third kappa shape index (κ3) is 2.16. The van der Waals surface area contributed by atoms with Crippen LogP contribution in [0.2, 0.25) is 0 Å². The Hall–Kier alpha value is -0.820. The first-order valence-electron chi connectivity index (χ1n) is 3.85. The molecule has 0 aliphatic rings. The van der Waals surface area contributed by atoms with Crippen molar-refractivity contribution in [3.63, 3.8) is 0 Å². The van der Waals surface area contributed by atoms with Crippen molar-refractivity contribution in [1.29, 1.82) is 0 Å². The Morgan fingerprint density at radius 1 is 1.57 bits per heavy atom. The fourth-order valence-corrected chi connectivity index (χ4v) is 1.99. The highest BCUT2D eigenvalue weighted by molar-refractivity contribution is 9.10. The Morgan fingerprint density at radius 3 is 3.00 bits per heavy atom. The highest BCUT2D eigenvalue weighted by atomic mass is 79.9. The lowest BCUT2D eigenvalue weighted by Crippen LogP contribution is -1.92. The molecule has 0 atom stereocenters. The van der Waals surface area contributed by atoms with Gasteiger partial charge in [0, 0.05) is 7.05 Å². The number of nitrogens with zero attached hydrogens (tertiary/aromatic N) is 4. The van der Waals surface area contributed by atoms with Gasteiger partial charge in [-0.05, 0) is 38.5 Å². The Labute approximate surface area is 93.0 Å². The van der Waals surface area contributed by atoms with Gasteiger partial charge >= 0.3 is 0 Å². The summed E-state index contributed by atoms with van der Waals surface area (Å²) in [5, 5.41) is 11.9. The molecule has 5 nitrogen and oxygen atoms in total. The largest absolute Gasteiger partial charge is 0.453 e. The second-order valence-corrected chi connectivity index (χ2v) is 4.30. The summed E-state index contributed by atoms with van der Waals surface area (Å²) in [7, 11) is 1.81. The number of hydrogen-bond acceptors (Lipinski definition) is 5. The van der Waals surface area contributed by atoms with E-state index < -0.39 is 0 Å². The number of rotatable bonds is 3. The van der Waals surface area contributed by atoms with Crippen molar-refractivity contribution in [2.24, 2.45) is 7.05 Å². The quantitative estimate of drug-likeness (QED) is 0.800. The summed E-state index contributed by atoms with van der Waals surface area (Å²) >= 11 is 4.78. The summed E-state index contributed by atoms with van der Waals surface area (Å²) in [6.45, 7) is 0. The average Bonchev–Trinajstić information content (AvgIpc) is 2.72. The lowest BCUT2D eigenvalue weighted by molar-refractivity contribution is 0.506. The van der Waals surface area contributed by atoms with E-state index in [2.05, 4.69) is 31.5 Å². The summed E-state index contributed by atoms with van der Waals surface area (Å²) in [6, 6.07) is 3.78. The number of halogens is 1. The summed E-state index contributed by atoms with van der Waals surface area (Å²) in [4.78, 5) is 0. The Balaban J connectivity index is 1.98. The van der Waals surface area contributed by atoms with Crippen molar-refractivity contribution in [3.05, 3.63) is 22.6 Å². The third-order valence-corrected chi connectivity index (χ3v) is 3.01. The molecule has 14 heavy (non-hydrogen) atoms. The maximum Gasteiger partial charge on any atom is 0.209 e. The molecular weight excluding hydrogens is 268 g/mol. The molecule has 2 heterocycles. The van der Waals surface area contributed by atoms with Crippen LogP contribution < -0.4 is 0 Å². The topological polar surface area (TPSA) is 56.7 Å². The molecule has 0 fully saturated rings. The van der Waals surface area contributed by atoms with Crippen molar-refractivity contribution in [3.8, 4) is 0 Å². The van der Waals surface area contributed by atoms with Crippen molar-refractivity contribution in [2.75, 3.05) is 0 Å². The SMILES string of the molecule is Cn1nnnc1SCc1ccc(Br)o1. The van der Waals surface area contributed by atoms with Gasteiger partial charge in [0.1, 0.15) is 5.76 Å². The van der Waals surface area contributed by atoms with Crippen LogP contribution in [0.3, 0.4) is 0 Å². The van der Waals surface area contributed by atoms with Crippen molar-refractivity contribution in [1.82, 2.24) is 20.2 Å². The van der Waals surface area contributed by atoms with Crippen LogP contribution in [0.25, 0.3) is 0 Å². The smallest absolute Gasteiger partial charge is 0.209 e. The van der Waals surface area contributed by atoms with E-state index in [1.54, 1.807) is 11.7 Å². The lowest BCUT2D eigenvalue weighted by Gasteiger charge is -1.95. The van der Waals surface area contributed by atoms with E-state index in [0.29, 0.717) is 0 Å². The molecule has 74 valence electrons. The van der Waals surface area contributed by atoms with E-state index in [0.717, 1.165) is 21.3 Å². The van der Waals surface area contributed by atoms with Crippen LogP contribution in [0.5, 0.6) is 0 Å². The van der Waals surface area contributed by atoms with Gasteiger partial charge < -0.3 is 4.42 Å². The van der Waals surface area contributed by atoms with E-state index in [1.807, 2.05) is 12.1 Å². The maximum atomic E-state index is 5.34. The summed E-state index contributed by atoms with van der Waals surface area (Å²) in [5.74, 6) is 1.62. The minimum absolute atomic E-state index is 0.722. The minimum atomic E-state index is 0.722. The molecular formula is C7H7BrN4OS. The number of tetrazole rings is 1. The number of furan rings is 1. The molecule has 0 aliphatic carbocycles. The van der Waals surface area contributed by atoms with E-state index in [1.165, 1.54) is 11.8 Å². The predicted octanol–water partition coefficient (Wildman–Crippen LogP) is 1.86. The molecule has 0 amide bonds. The number of thioether (sulfide) groups is 1. The Morgan fingerprint density at radius 2 is 2.43 bits per heavy atom. The van der Waals surface area contributed by atoms with Crippen LogP contribution in [0.15, 0.2) is 26.4 Å². The second kappa shape index (κ2) is 4.14. The zero-order chi connectivity index (χ0) is 9.97. The van der Waals surface area contributed by atoms with Crippen molar-refractivity contribution in [2.45, 2.75) is 10.9 Å². The molecule has 0 saturated heterocycles. The molecule has 0 bridgehead atoms. The van der Waals surface area contributed by atoms with E-state index in [4.69, 9.17) is 4.42 Å². The Bertz CT molecular complexity index is 427. The van der Waals surface area contributed by atoms with Gasteiger partial charge in [-0.3, -0.25) is 0 Å². The van der Waals surface area contributed by atoms with E-state index in [-0.39, 0.29) is 0 Å². The predicted molar refractivity (Wildman–Crippen MR) is 54.8 cm³/mol. The highest BCUT2D eigenvalue weighted by Gasteiger charge is 2.05. The lowest BCUT2D eigenvalue weighted by atomic mass is 10.5. The minimum Gasteiger partial charge on any atom is -0.453 e. The van der Waals surface area contributed by atoms with Crippen molar-refractivity contribution < 1.29 is 4.42 Å². The zero-order valence-electron chi connectivity index (χ0n) is 7.35. The van der Waals surface area contributed by atoms with Gasteiger partial charge in [-0.25, -0.2) is 4.68 Å². The molecule has 2 rings (SSSR count). The first-order chi connectivity index (χ1) is 6.75. The Kier molecular flexibility index (Phi) is 2.87. The van der Waals surface area contributed by atoms with Gasteiger partial charge in [-0.15, -0.1) is 5.10 Å². The van der Waals surface area contributed by atoms with Gasteiger partial charge in [0.2, 0.25) is 5.16 Å². The van der Waals surface area contributed by atoms with Crippen LogP contribution >= 0.6 is 27.7 Å². The van der Waals surface area contributed by atoms with Gasteiger partial charge in [0.25, 0.3) is 0 Å². The van der Waals surface area contributed by atoms with Crippen molar-refractivity contribution >= 4 is 27.7 Å². The zero-order valence-corrected chi connectivity index (χ0v) is 9.75. The van der Waals surface area contributed by atoms with E-state index >= 15 is 0 Å². The summed E-state index contributed by atoms with van der Waals surface area (Å²) < 4.78 is 7.71. The molecule has 0 radical (unpaired) electrons. The molecule has 0 N–H and O–H groups in total. The van der Waals surface area contributed by atoms with Crippen LogP contribution in [0.1, 0.15) is 5.76 Å². The molecule has 0 unspecified atom stereocenters. The first-order valence-corrected chi connectivity index (χ1v) is 5.63. The fourth-order valence-electron chi connectivity index (χ4n) is 0.909. The molecule has 7 heteroatoms. The van der Waals surface area contributed by atoms with Crippen LogP contribution in [-0.4, -0.2) is 20.2 Å². The average molecular weight is 275 g/mol. The second-order valence-electron chi connectivity index (χ2n) is 2.58. The normalized spacial score (nSPS) is 10.7. The summed E-state index contributed by atoms with van der Waals surface area (Å²) in [6.07, 6.45) is 0. The van der Waals surface area contributed by atoms with Gasteiger partial charge in [0.05, 0.1) is 5.75 Å². The summed E-state index contributed by atoms with van der Waals surface area (Å²) in [5.41, 5.74) is 0. The third-order valence-electron chi connectivity index (χ3n) is 1.55. The van der Waals surface area contributed by atoms with Gasteiger partial charge in [-0.1, -0.05) is 11.8 Å². The first kappa shape index (κ1) is 9.72. The molecule has 0 spiro atoms. The standard InChI is InChI=1S/C7H7BrN4OS/c1-12-7(9-10-11-12)14-4-5-2-3-6(8)13-5/h2-3H,4H2,1H3. The van der Waals surface area contributed by atoms with Gasteiger partial charge in [-0.2, -0.15) is 0 Å². The molecule has 2 aromatic rings. The molecule has 0 aliphatic heterocycles. The van der Waals surface area contributed by atoms with E-state index in [9.17, 15) is 0 Å². The van der Waals surface area contributed by atoms with Crippen LogP contribution in [0.4, 0.5) is 0 Å². The number of aromatic nitrogens is 4. The number of aryl methyl sites for hydroxylation is 1. The molecule has 0 saturated carbocycles. The maximum absolute atomic E-state index is 5.34. The fraction of sp³-hybridized carbons (Fsp3) is 0.286. The van der Waals surface area contributed by atoms with Crippen LogP contribution in [0, 0.1) is 0 Å². The van der Waals surface area contributed by atoms with Gasteiger partial charge in [0.15, 0.2) is 4.67 Å². The van der Waals surface area contributed by atoms with Crippen LogP contribution in [-0.2, 0) is 12.8 Å². The monoisotopic (exact) mass is 274 g/mol. The highest BCUT2D eigenvalue weighted by Crippen LogP contribution is 2.22.